The van der Waals surface area contributed by atoms with E-state index in [1.165, 1.54) is 0 Å². The number of nitrogens with two attached hydrogens (primary N) is 1. The molecule has 0 aliphatic rings. The molecule has 3 heteroatoms. The summed E-state index contributed by atoms with van der Waals surface area (Å²) in [5.74, 6) is 0.0841. The van der Waals surface area contributed by atoms with Crippen LogP contribution in [0.15, 0.2) is 48.5 Å². The first-order valence-electron chi connectivity index (χ1n) is 5.75. The van der Waals surface area contributed by atoms with Gasteiger partial charge in [-0.1, -0.05) is 48.0 Å². The van der Waals surface area contributed by atoms with Crippen molar-refractivity contribution in [2.45, 2.75) is 13.0 Å². The summed E-state index contributed by atoms with van der Waals surface area (Å²) in [6, 6.07) is 14.8. The topological polar surface area (TPSA) is 43.1 Å². The molecule has 0 saturated carbocycles. The minimum absolute atomic E-state index is 0.0841. The van der Waals surface area contributed by atoms with E-state index in [1.807, 2.05) is 42.5 Å². The van der Waals surface area contributed by atoms with Crippen molar-refractivity contribution in [2.75, 3.05) is 0 Å². The minimum Gasteiger partial charge on any atom is -0.326 e. The molecule has 0 heterocycles. The molecule has 0 aliphatic carbocycles. The smallest absolute Gasteiger partial charge is 0.167 e. The highest BCUT2D eigenvalue weighted by molar-refractivity contribution is 6.30. The fourth-order valence-corrected chi connectivity index (χ4v) is 1.97. The average molecular weight is 260 g/mol. The van der Waals surface area contributed by atoms with Crippen molar-refractivity contribution in [3.63, 3.8) is 0 Å². The van der Waals surface area contributed by atoms with E-state index in [1.54, 1.807) is 6.07 Å². The minimum atomic E-state index is 0.0841. The van der Waals surface area contributed by atoms with Crippen LogP contribution < -0.4 is 5.73 Å². The summed E-state index contributed by atoms with van der Waals surface area (Å²) in [7, 11) is 0. The van der Waals surface area contributed by atoms with Crippen molar-refractivity contribution in [2.24, 2.45) is 5.73 Å². The Morgan fingerprint density at radius 3 is 2.39 bits per heavy atom. The zero-order chi connectivity index (χ0) is 13.0. The Kier molecular flexibility index (Phi) is 4.13. The summed E-state index contributed by atoms with van der Waals surface area (Å²) in [5.41, 5.74) is 8.17. The maximum Gasteiger partial charge on any atom is 0.167 e. The summed E-state index contributed by atoms with van der Waals surface area (Å²) >= 11 is 5.89. The van der Waals surface area contributed by atoms with E-state index in [9.17, 15) is 4.79 Å². The lowest BCUT2D eigenvalue weighted by Gasteiger charge is -2.03. The van der Waals surface area contributed by atoms with Gasteiger partial charge in [-0.25, -0.2) is 0 Å². The van der Waals surface area contributed by atoms with Crippen LogP contribution in [0.4, 0.5) is 0 Å². The number of ketones is 1. The second-order valence-electron chi connectivity index (χ2n) is 4.13. The molecule has 0 bridgehead atoms. The van der Waals surface area contributed by atoms with Gasteiger partial charge in [-0.05, 0) is 23.3 Å². The molecule has 2 rings (SSSR count). The lowest BCUT2D eigenvalue weighted by Crippen LogP contribution is -2.04. The van der Waals surface area contributed by atoms with E-state index < -0.39 is 0 Å². The molecule has 92 valence electrons. The van der Waals surface area contributed by atoms with E-state index in [0.29, 0.717) is 23.6 Å². The molecule has 0 amide bonds. The maximum atomic E-state index is 12.1. The summed E-state index contributed by atoms with van der Waals surface area (Å²) < 4.78 is 0. The molecule has 0 atom stereocenters. The lowest BCUT2D eigenvalue weighted by atomic mass is 10.0. The molecular weight excluding hydrogens is 246 g/mol. The van der Waals surface area contributed by atoms with Gasteiger partial charge in [0.15, 0.2) is 5.78 Å². The average Bonchev–Trinajstić information content (AvgIpc) is 2.39. The lowest BCUT2D eigenvalue weighted by molar-refractivity contribution is 0.0993. The van der Waals surface area contributed by atoms with E-state index >= 15 is 0 Å². The van der Waals surface area contributed by atoms with Crippen molar-refractivity contribution < 1.29 is 4.79 Å². The van der Waals surface area contributed by atoms with Crippen LogP contribution in [0, 0.1) is 0 Å². The van der Waals surface area contributed by atoms with E-state index in [0.717, 1.165) is 11.1 Å². The first kappa shape index (κ1) is 12.8. The third-order valence-corrected chi connectivity index (χ3v) is 3.00. The fourth-order valence-electron chi connectivity index (χ4n) is 1.76. The largest absolute Gasteiger partial charge is 0.326 e. The number of Topliss-reactive ketones (excluding diaryl/α,β-unsaturated/α-hetero) is 1. The monoisotopic (exact) mass is 259 g/mol. The normalized spacial score (nSPS) is 10.3. The van der Waals surface area contributed by atoms with Crippen LogP contribution in [0.25, 0.3) is 0 Å². The molecule has 0 unspecified atom stereocenters. The highest BCUT2D eigenvalue weighted by Crippen LogP contribution is 2.13. The standard InChI is InChI=1S/C15H14ClNO/c16-14-3-1-2-12(8-14)9-15(18)13-6-4-11(10-17)5-7-13/h1-8H,9-10,17H2. The molecule has 0 fully saturated rings. The van der Waals surface area contributed by atoms with Crippen molar-refractivity contribution in [3.8, 4) is 0 Å². The predicted molar refractivity (Wildman–Crippen MR) is 73.8 cm³/mol. The van der Waals surface area contributed by atoms with Crippen molar-refractivity contribution >= 4 is 17.4 Å². The van der Waals surface area contributed by atoms with Gasteiger partial charge < -0.3 is 5.73 Å². The van der Waals surface area contributed by atoms with Gasteiger partial charge in [0.1, 0.15) is 0 Å². The first-order chi connectivity index (χ1) is 8.69. The highest BCUT2D eigenvalue weighted by atomic mass is 35.5. The summed E-state index contributed by atoms with van der Waals surface area (Å²) in [6.45, 7) is 0.489. The number of carbonyl (C=O) groups excluding carboxylic acids is 1. The summed E-state index contributed by atoms with van der Waals surface area (Å²) in [5, 5.41) is 0.652. The molecule has 0 spiro atoms. The van der Waals surface area contributed by atoms with E-state index in [2.05, 4.69) is 0 Å². The number of rotatable bonds is 4. The third kappa shape index (κ3) is 3.19. The SMILES string of the molecule is NCc1ccc(C(=O)Cc2cccc(Cl)c2)cc1. The number of halogens is 1. The van der Waals surface area contributed by atoms with Gasteiger partial charge in [-0.2, -0.15) is 0 Å². The van der Waals surface area contributed by atoms with Crippen LogP contribution in [0.5, 0.6) is 0 Å². The fraction of sp³-hybridized carbons (Fsp3) is 0.133. The van der Waals surface area contributed by atoms with Gasteiger partial charge in [0.05, 0.1) is 0 Å². The number of hydrogen-bond acceptors (Lipinski definition) is 2. The van der Waals surface area contributed by atoms with Gasteiger partial charge in [-0.3, -0.25) is 4.79 Å². The molecule has 0 aromatic heterocycles. The molecule has 2 aromatic carbocycles. The van der Waals surface area contributed by atoms with Crippen molar-refractivity contribution in [1.29, 1.82) is 0 Å². The summed E-state index contributed by atoms with van der Waals surface area (Å²) in [4.78, 5) is 12.1. The Labute approximate surface area is 111 Å². The maximum absolute atomic E-state index is 12.1. The molecule has 2 nitrogen and oxygen atoms in total. The molecule has 0 saturated heterocycles. The van der Waals surface area contributed by atoms with E-state index in [4.69, 9.17) is 17.3 Å². The van der Waals surface area contributed by atoms with Crippen LogP contribution in [0.2, 0.25) is 5.02 Å². The van der Waals surface area contributed by atoms with Gasteiger partial charge in [0.2, 0.25) is 0 Å². The predicted octanol–water partition coefficient (Wildman–Crippen LogP) is 3.22. The van der Waals surface area contributed by atoms with Crippen molar-refractivity contribution in [1.82, 2.24) is 0 Å². The van der Waals surface area contributed by atoms with E-state index in [-0.39, 0.29) is 5.78 Å². The van der Waals surface area contributed by atoms with Gasteiger partial charge >= 0.3 is 0 Å². The van der Waals surface area contributed by atoms with Crippen LogP contribution >= 0.6 is 11.6 Å². The summed E-state index contributed by atoms with van der Waals surface area (Å²) in [6.07, 6.45) is 0.364. The molecule has 2 N–H and O–H groups in total. The Balaban J connectivity index is 2.11. The van der Waals surface area contributed by atoms with Crippen LogP contribution in [0.1, 0.15) is 21.5 Å². The Morgan fingerprint density at radius 2 is 1.78 bits per heavy atom. The molecule has 2 aromatic rings. The molecular formula is C15H14ClNO. The zero-order valence-corrected chi connectivity index (χ0v) is 10.7. The van der Waals surface area contributed by atoms with Crippen molar-refractivity contribution in [3.05, 3.63) is 70.2 Å². The molecule has 0 radical (unpaired) electrons. The van der Waals surface area contributed by atoms with Crippen LogP contribution in [0.3, 0.4) is 0 Å². The second-order valence-corrected chi connectivity index (χ2v) is 4.57. The van der Waals surface area contributed by atoms with Crippen LogP contribution in [-0.4, -0.2) is 5.78 Å². The second kappa shape index (κ2) is 5.80. The Bertz CT molecular complexity index is 549. The van der Waals surface area contributed by atoms with Crippen LogP contribution in [-0.2, 0) is 13.0 Å². The number of hydrogen-bond donors (Lipinski definition) is 1. The Hall–Kier alpha value is -1.64. The quantitative estimate of drug-likeness (QED) is 0.857. The molecule has 0 aliphatic heterocycles. The third-order valence-electron chi connectivity index (χ3n) is 2.77. The number of benzene rings is 2. The van der Waals surface area contributed by atoms with Gasteiger partial charge in [0, 0.05) is 23.6 Å². The van der Waals surface area contributed by atoms with Gasteiger partial charge in [0.25, 0.3) is 0 Å². The highest BCUT2D eigenvalue weighted by Gasteiger charge is 2.07. The number of carbonyl (C=O) groups is 1. The molecule has 18 heavy (non-hydrogen) atoms. The Morgan fingerprint density at radius 1 is 1.06 bits per heavy atom. The van der Waals surface area contributed by atoms with Gasteiger partial charge in [-0.15, -0.1) is 0 Å². The first-order valence-corrected chi connectivity index (χ1v) is 6.13. The zero-order valence-electron chi connectivity index (χ0n) is 9.90.